The van der Waals surface area contributed by atoms with E-state index in [2.05, 4.69) is 29.4 Å². The van der Waals surface area contributed by atoms with E-state index in [-0.39, 0.29) is 6.04 Å². The Kier molecular flexibility index (Phi) is 5.58. The molecule has 2 rings (SSSR count). The highest BCUT2D eigenvalue weighted by Crippen LogP contribution is 2.29. The van der Waals surface area contributed by atoms with Crippen molar-refractivity contribution < 1.29 is 9.47 Å². The van der Waals surface area contributed by atoms with Gasteiger partial charge in [-0.2, -0.15) is 0 Å². The second kappa shape index (κ2) is 7.64. The molecule has 0 saturated heterocycles. The number of pyridine rings is 1. The molecule has 1 heterocycles. The Morgan fingerprint density at radius 3 is 2.62 bits per heavy atom. The molecule has 1 aromatic carbocycles. The Morgan fingerprint density at radius 1 is 1.14 bits per heavy atom. The highest BCUT2D eigenvalue weighted by molar-refractivity contribution is 5.43. The summed E-state index contributed by atoms with van der Waals surface area (Å²) in [7, 11) is 3.30. The lowest BCUT2D eigenvalue weighted by Crippen LogP contribution is -2.21. The van der Waals surface area contributed by atoms with E-state index in [0.29, 0.717) is 0 Å². The molecule has 0 saturated carbocycles. The van der Waals surface area contributed by atoms with Crippen molar-refractivity contribution in [3.05, 3.63) is 53.9 Å². The second-order valence-electron chi connectivity index (χ2n) is 4.90. The predicted octanol–water partition coefficient (Wildman–Crippen LogP) is 2.99. The number of rotatable bonds is 7. The standard InChI is InChI=1S/C17H22N2O2/c1-13(19-10-8-14-5-4-9-18-12-14)15-6-7-16(20-2)17(11-15)21-3/h4-7,9,11-13,19H,8,10H2,1-3H3. The van der Waals surface area contributed by atoms with Crippen LogP contribution in [0.4, 0.5) is 0 Å². The first kappa shape index (κ1) is 15.3. The topological polar surface area (TPSA) is 43.4 Å². The van der Waals surface area contributed by atoms with Crippen LogP contribution in [-0.2, 0) is 6.42 Å². The quantitative estimate of drug-likeness (QED) is 0.849. The van der Waals surface area contributed by atoms with Crippen molar-refractivity contribution in [1.29, 1.82) is 0 Å². The third-order valence-electron chi connectivity index (χ3n) is 3.49. The Balaban J connectivity index is 1.92. The molecule has 4 nitrogen and oxygen atoms in total. The summed E-state index contributed by atoms with van der Waals surface area (Å²) in [5.74, 6) is 1.51. The van der Waals surface area contributed by atoms with Crippen molar-refractivity contribution in [3.63, 3.8) is 0 Å². The molecule has 0 bridgehead atoms. The molecule has 112 valence electrons. The average molecular weight is 286 g/mol. The van der Waals surface area contributed by atoms with Crippen LogP contribution in [0.25, 0.3) is 0 Å². The van der Waals surface area contributed by atoms with E-state index in [1.807, 2.05) is 24.4 Å². The molecule has 1 atom stereocenters. The van der Waals surface area contributed by atoms with Gasteiger partial charge in [-0.05, 0) is 49.2 Å². The zero-order valence-corrected chi connectivity index (χ0v) is 12.8. The van der Waals surface area contributed by atoms with E-state index < -0.39 is 0 Å². The van der Waals surface area contributed by atoms with Crippen LogP contribution in [0, 0.1) is 0 Å². The summed E-state index contributed by atoms with van der Waals surface area (Å²) in [6.45, 7) is 3.05. The number of aromatic nitrogens is 1. The van der Waals surface area contributed by atoms with E-state index >= 15 is 0 Å². The Hall–Kier alpha value is -2.07. The summed E-state index contributed by atoms with van der Waals surface area (Å²) in [5, 5.41) is 3.51. The van der Waals surface area contributed by atoms with Crippen molar-refractivity contribution in [2.24, 2.45) is 0 Å². The number of ether oxygens (including phenoxy) is 2. The van der Waals surface area contributed by atoms with Gasteiger partial charge in [0.25, 0.3) is 0 Å². The maximum atomic E-state index is 5.34. The first-order valence-corrected chi connectivity index (χ1v) is 7.09. The summed E-state index contributed by atoms with van der Waals surface area (Å²) in [4.78, 5) is 4.12. The number of hydrogen-bond acceptors (Lipinski definition) is 4. The maximum absolute atomic E-state index is 5.34. The largest absolute Gasteiger partial charge is 0.493 e. The molecule has 1 unspecified atom stereocenters. The van der Waals surface area contributed by atoms with Crippen LogP contribution in [0.5, 0.6) is 11.5 Å². The van der Waals surface area contributed by atoms with Gasteiger partial charge in [-0.1, -0.05) is 12.1 Å². The SMILES string of the molecule is COc1ccc(C(C)NCCc2cccnc2)cc1OC. The number of nitrogens with one attached hydrogen (secondary N) is 1. The third-order valence-corrected chi connectivity index (χ3v) is 3.49. The third kappa shape index (κ3) is 4.20. The number of methoxy groups -OCH3 is 2. The molecule has 2 aromatic rings. The van der Waals surface area contributed by atoms with Gasteiger partial charge >= 0.3 is 0 Å². The Morgan fingerprint density at radius 2 is 1.95 bits per heavy atom. The van der Waals surface area contributed by atoms with Crippen molar-refractivity contribution in [3.8, 4) is 11.5 Å². The number of nitrogens with zero attached hydrogens (tertiary/aromatic N) is 1. The van der Waals surface area contributed by atoms with Gasteiger partial charge in [0, 0.05) is 18.4 Å². The molecule has 1 aromatic heterocycles. The van der Waals surface area contributed by atoms with Crippen LogP contribution in [0.15, 0.2) is 42.7 Å². The smallest absolute Gasteiger partial charge is 0.161 e. The van der Waals surface area contributed by atoms with E-state index in [9.17, 15) is 0 Å². The maximum Gasteiger partial charge on any atom is 0.161 e. The fourth-order valence-corrected chi connectivity index (χ4v) is 2.22. The molecular weight excluding hydrogens is 264 g/mol. The van der Waals surface area contributed by atoms with Crippen molar-refractivity contribution in [1.82, 2.24) is 10.3 Å². The first-order valence-electron chi connectivity index (χ1n) is 7.09. The van der Waals surface area contributed by atoms with Gasteiger partial charge in [0.1, 0.15) is 0 Å². The Labute approximate surface area is 126 Å². The lowest BCUT2D eigenvalue weighted by molar-refractivity contribution is 0.354. The lowest BCUT2D eigenvalue weighted by atomic mass is 10.1. The summed E-state index contributed by atoms with van der Waals surface area (Å²) < 4.78 is 10.6. The van der Waals surface area contributed by atoms with Crippen LogP contribution >= 0.6 is 0 Å². The molecule has 0 aliphatic carbocycles. The minimum atomic E-state index is 0.251. The van der Waals surface area contributed by atoms with Crippen molar-refractivity contribution in [2.45, 2.75) is 19.4 Å². The van der Waals surface area contributed by atoms with Gasteiger partial charge in [0.15, 0.2) is 11.5 Å². The first-order chi connectivity index (χ1) is 10.2. The molecule has 21 heavy (non-hydrogen) atoms. The lowest BCUT2D eigenvalue weighted by Gasteiger charge is -2.16. The molecule has 1 N–H and O–H groups in total. The Bertz CT molecular complexity index is 558. The van der Waals surface area contributed by atoms with E-state index in [0.717, 1.165) is 24.5 Å². The van der Waals surface area contributed by atoms with Gasteiger partial charge < -0.3 is 14.8 Å². The highest BCUT2D eigenvalue weighted by atomic mass is 16.5. The van der Waals surface area contributed by atoms with Gasteiger partial charge in [-0.25, -0.2) is 0 Å². The molecule has 0 amide bonds. The minimum Gasteiger partial charge on any atom is -0.493 e. The van der Waals surface area contributed by atoms with Gasteiger partial charge in [-0.3, -0.25) is 4.98 Å². The zero-order valence-electron chi connectivity index (χ0n) is 12.8. The number of hydrogen-bond donors (Lipinski definition) is 1. The zero-order chi connectivity index (χ0) is 15.1. The molecule has 0 aliphatic rings. The molecule has 0 spiro atoms. The summed E-state index contributed by atoms with van der Waals surface area (Å²) in [6, 6.07) is 10.3. The summed E-state index contributed by atoms with van der Waals surface area (Å²) in [6.07, 6.45) is 4.66. The van der Waals surface area contributed by atoms with Crippen LogP contribution in [0.2, 0.25) is 0 Å². The fourth-order valence-electron chi connectivity index (χ4n) is 2.22. The summed E-state index contributed by atoms with van der Waals surface area (Å²) >= 11 is 0. The predicted molar refractivity (Wildman–Crippen MR) is 83.9 cm³/mol. The van der Waals surface area contributed by atoms with Gasteiger partial charge in [0.2, 0.25) is 0 Å². The molecule has 4 heteroatoms. The minimum absolute atomic E-state index is 0.251. The molecular formula is C17H22N2O2. The second-order valence-corrected chi connectivity index (χ2v) is 4.90. The van der Waals surface area contributed by atoms with Crippen molar-refractivity contribution in [2.75, 3.05) is 20.8 Å². The van der Waals surface area contributed by atoms with E-state index in [1.54, 1.807) is 20.4 Å². The van der Waals surface area contributed by atoms with Crippen molar-refractivity contribution >= 4 is 0 Å². The number of benzene rings is 1. The van der Waals surface area contributed by atoms with E-state index in [1.165, 1.54) is 11.1 Å². The monoisotopic (exact) mass is 286 g/mol. The van der Waals surface area contributed by atoms with Crippen LogP contribution < -0.4 is 14.8 Å². The normalized spacial score (nSPS) is 12.0. The van der Waals surface area contributed by atoms with E-state index in [4.69, 9.17) is 9.47 Å². The van der Waals surface area contributed by atoms with Gasteiger partial charge in [-0.15, -0.1) is 0 Å². The molecule has 0 radical (unpaired) electrons. The van der Waals surface area contributed by atoms with Gasteiger partial charge in [0.05, 0.1) is 14.2 Å². The van der Waals surface area contributed by atoms with Crippen LogP contribution in [0.1, 0.15) is 24.1 Å². The van der Waals surface area contributed by atoms with Crippen LogP contribution in [0.3, 0.4) is 0 Å². The fraction of sp³-hybridized carbons (Fsp3) is 0.353. The van der Waals surface area contributed by atoms with Crippen LogP contribution in [-0.4, -0.2) is 25.7 Å². The summed E-state index contributed by atoms with van der Waals surface area (Å²) in [5.41, 5.74) is 2.42. The highest BCUT2D eigenvalue weighted by Gasteiger charge is 2.09. The average Bonchev–Trinajstić information content (AvgIpc) is 2.55. The molecule has 0 fully saturated rings. The molecule has 0 aliphatic heterocycles.